The number of pyridine rings is 1. The summed E-state index contributed by atoms with van der Waals surface area (Å²) in [6, 6.07) is 10.1. The number of nitrogens with zero attached hydrogens (tertiary/aromatic N) is 1. The van der Waals surface area contributed by atoms with E-state index in [-0.39, 0.29) is 5.91 Å². The molecule has 4 nitrogen and oxygen atoms in total. The fourth-order valence-electron chi connectivity index (χ4n) is 1.47. The Kier molecular flexibility index (Phi) is 4.39. The highest BCUT2D eigenvalue weighted by molar-refractivity contribution is 9.10. The van der Waals surface area contributed by atoms with Crippen LogP contribution in [0.5, 0.6) is 5.75 Å². The van der Waals surface area contributed by atoms with Crippen molar-refractivity contribution in [3.05, 3.63) is 51.7 Å². The largest absolute Gasteiger partial charge is 0.495 e. The van der Waals surface area contributed by atoms with E-state index in [0.29, 0.717) is 26.8 Å². The van der Waals surface area contributed by atoms with Gasteiger partial charge in [-0.15, -0.1) is 0 Å². The van der Waals surface area contributed by atoms with Crippen molar-refractivity contribution in [3.8, 4) is 5.75 Å². The Labute approximate surface area is 123 Å². The van der Waals surface area contributed by atoms with Crippen LogP contribution < -0.4 is 10.1 Å². The third kappa shape index (κ3) is 3.45. The highest BCUT2D eigenvalue weighted by atomic mass is 79.9. The highest BCUT2D eigenvalue weighted by Crippen LogP contribution is 2.27. The summed E-state index contributed by atoms with van der Waals surface area (Å²) in [7, 11) is 1.52. The normalized spacial score (nSPS) is 10.1. The van der Waals surface area contributed by atoms with Crippen LogP contribution in [0.4, 0.5) is 5.69 Å². The van der Waals surface area contributed by atoms with Gasteiger partial charge in [0.2, 0.25) is 0 Å². The second kappa shape index (κ2) is 6.04. The Morgan fingerprint density at radius 2 is 2.16 bits per heavy atom. The van der Waals surface area contributed by atoms with Gasteiger partial charge in [-0.2, -0.15) is 0 Å². The lowest BCUT2D eigenvalue weighted by molar-refractivity contribution is 0.102. The highest BCUT2D eigenvalue weighted by Gasteiger charge is 2.09. The first-order valence-electron chi connectivity index (χ1n) is 5.37. The molecule has 0 aliphatic carbocycles. The lowest BCUT2D eigenvalue weighted by Crippen LogP contribution is -2.13. The molecular weight excluding hydrogens is 332 g/mol. The van der Waals surface area contributed by atoms with Gasteiger partial charge in [-0.1, -0.05) is 17.7 Å². The Balaban J connectivity index is 2.19. The van der Waals surface area contributed by atoms with Gasteiger partial charge >= 0.3 is 0 Å². The van der Waals surface area contributed by atoms with Crippen LogP contribution in [0, 0.1) is 0 Å². The number of carbonyl (C=O) groups is 1. The summed E-state index contributed by atoms with van der Waals surface area (Å²) in [5.74, 6) is 0.201. The number of carbonyl (C=O) groups excluding carboxylic acids is 1. The SMILES string of the molecule is COc1cc(NC(=O)c2cccc(Br)n2)ccc1Cl. The molecule has 0 saturated heterocycles. The minimum Gasteiger partial charge on any atom is -0.495 e. The van der Waals surface area contributed by atoms with E-state index in [2.05, 4.69) is 26.2 Å². The standard InChI is InChI=1S/C13H10BrClN2O2/c1-19-11-7-8(5-6-9(11)15)16-13(18)10-3-2-4-12(14)17-10/h2-7H,1H3,(H,16,18). The average molecular weight is 342 g/mol. The van der Waals surface area contributed by atoms with Crippen molar-refractivity contribution in [3.63, 3.8) is 0 Å². The van der Waals surface area contributed by atoms with E-state index >= 15 is 0 Å². The van der Waals surface area contributed by atoms with E-state index in [9.17, 15) is 4.79 Å². The van der Waals surface area contributed by atoms with Gasteiger partial charge in [0.05, 0.1) is 12.1 Å². The molecule has 0 radical (unpaired) electrons. The summed E-state index contributed by atoms with van der Waals surface area (Å²) in [5.41, 5.74) is 0.913. The summed E-state index contributed by atoms with van der Waals surface area (Å²) in [5, 5.41) is 3.21. The molecule has 6 heteroatoms. The molecule has 0 bridgehead atoms. The molecule has 0 aliphatic heterocycles. The maximum Gasteiger partial charge on any atom is 0.274 e. The lowest BCUT2D eigenvalue weighted by Gasteiger charge is -2.08. The second-order valence-electron chi connectivity index (χ2n) is 3.65. The maximum atomic E-state index is 12.0. The molecule has 98 valence electrons. The third-order valence-corrected chi connectivity index (χ3v) is 3.11. The van der Waals surface area contributed by atoms with E-state index in [1.54, 1.807) is 36.4 Å². The van der Waals surface area contributed by atoms with Gasteiger partial charge < -0.3 is 10.1 Å². The van der Waals surface area contributed by atoms with Crippen molar-refractivity contribution in [2.24, 2.45) is 0 Å². The number of hydrogen-bond acceptors (Lipinski definition) is 3. The van der Waals surface area contributed by atoms with Gasteiger partial charge in [0, 0.05) is 11.8 Å². The number of aromatic nitrogens is 1. The van der Waals surface area contributed by atoms with E-state index < -0.39 is 0 Å². The first-order valence-corrected chi connectivity index (χ1v) is 6.54. The van der Waals surface area contributed by atoms with Crippen molar-refractivity contribution in [1.29, 1.82) is 0 Å². The number of methoxy groups -OCH3 is 1. The summed E-state index contributed by atoms with van der Waals surface area (Å²) in [6.45, 7) is 0. The van der Waals surface area contributed by atoms with Gasteiger partial charge in [-0.25, -0.2) is 4.98 Å². The topological polar surface area (TPSA) is 51.2 Å². The van der Waals surface area contributed by atoms with Crippen molar-refractivity contribution < 1.29 is 9.53 Å². The Hall–Kier alpha value is -1.59. The molecule has 0 saturated carbocycles. The zero-order valence-electron chi connectivity index (χ0n) is 9.98. The molecule has 1 aromatic heterocycles. The fourth-order valence-corrected chi connectivity index (χ4v) is 2.01. The number of halogens is 2. The van der Waals surface area contributed by atoms with Gasteiger partial charge in [0.15, 0.2) is 0 Å². The molecule has 1 heterocycles. The molecule has 2 aromatic rings. The van der Waals surface area contributed by atoms with E-state index in [1.807, 2.05) is 0 Å². The Morgan fingerprint density at radius 3 is 2.84 bits per heavy atom. The van der Waals surface area contributed by atoms with Crippen molar-refractivity contribution in [1.82, 2.24) is 4.98 Å². The smallest absolute Gasteiger partial charge is 0.274 e. The summed E-state index contributed by atoms with van der Waals surface area (Å²) < 4.78 is 5.69. The molecule has 1 amide bonds. The Morgan fingerprint density at radius 1 is 1.37 bits per heavy atom. The monoisotopic (exact) mass is 340 g/mol. The van der Waals surface area contributed by atoms with Gasteiger partial charge in [0.25, 0.3) is 5.91 Å². The molecule has 2 rings (SSSR count). The first kappa shape index (κ1) is 13.8. The number of rotatable bonds is 3. The zero-order valence-corrected chi connectivity index (χ0v) is 12.3. The van der Waals surface area contributed by atoms with Crippen LogP contribution >= 0.6 is 27.5 Å². The molecular formula is C13H10BrClN2O2. The summed E-state index contributed by atoms with van der Waals surface area (Å²) >= 11 is 9.13. The molecule has 19 heavy (non-hydrogen) atoms. The molecule has 0 aliphatic rings. The van der Waals surface area contributed by atoms with Crippen LogP contribution in [0.25, 0.3) is 0 Å². The van der Waals surface area contributed by atoms with Crippen LogP contribution in [-0.2, 0) is 0 Å². The molecule has 0 fully saturated rings. The number of ether oxygens (including phenoxy) is 1. The van der Waals surface area contributed by atoms with E-state index in [4.69, 9.17) is 16.3 Å². The quantitative estimate of drug-likeness (QED) is 0.865. The van der Waals surface area contributed by atoms with Crippen LogP contribution in [0.15, 0.2) is 41.0 Å². The predicted molar refractivity (Wildman–Crippen MR) is 77.9 cm³/mol. The Bertz CT molecular complexity index is 619. The fraction of sp³-hybridized carbons (Fsp3) is 0.0769. The van der Waals surface area contributed by atoms with Gasteiger partial charge in [-0.3, -0.25) is 4.79 Å². The number of nitrogens with one attached hydrogen (secondary N) is 1. The number of anilines is 1. The third-order valence-electron chi connectivity index (χ3n) is 2.36. The van der Waals surface area contributed by atoms with Gasteiger partial charge in [-0.05, 0) is 40.2 Å². The molecule has 0 unspecified atom stereocenters. The van der Waals surface area contributed by atoms with Gasteiger partial charge in [0.1, 0.15) is 16.0 Å². The minimum atomic E-state index is -0.300. The number of benzene rings is 1. The van der Waals surface area contributed by atoms with Crippen molar-refractivity contribution in [2.75, 3.05) is 12.4 Å². The molecule has 1 N–H and O–H groups in total. The number of amides is 1. The first-order chi connectivity index (χ1) is 9.10. The molecule has 0 spiro atoms. The van der Waals surface area contributed by atoms with E-state index in [1.165, 1.54) is 7.11 Å². The van der Waals surface area contributed by atoms with Crippen LogP contribution in [-0.4, -0.2) is 18.0 Å². The van der Waals surface area contributed by atoms with Crippen molar-refractivity contribution in [2.45, 2.75) is 0 Å². The molecule has 1 aromatic carbocycles. The van der Waals surface area contributed by atoms with Crippen molar-refractivity contribution >= 4 is 39.1 Å². The summed E-state index contributed by atoms with van der Waals surface area (Å²) in [6.07, 6.45) is 0. The molecule has 0 atom stereocenters. The number of hydrogen-bond donors (Lipinski definition) is 1. The lowest BCUT2D eigenvalue weighted by atomic mass is 10.2. The average Bonchev–Trinajstić information content (AvgIpc) is 2.41. The second-order valence-corrected chi connectivity index (χ2v) is 4.87. The van der Waals surface area contributed by atoms with Crippen LogP contribution in [0.2, 0.25) is 5.02 Å². The zero-order chi connectivity index (χ0) is 13.8. The van der Waals surface area contributed by atoms with Crippen LogP contribution in [0.3, 0.4) is 0 Å². The van der Waals surface area contributed by atoms with Crippen LogP contribution in [0.1, 0.15) is 10.5 Å². The minimum absolute atomic E-state index is 0.300. The van der Waals surface area contributed by atoms with E-state index in [0.717, 1.165) is 0 Å². The maximum absolute atomic E-state index is 12.0. The predicted octanol–water partition coefficient (Wildman–Crippen LogP) is 3.76. The summed E-state index contributed by atoms with van der Waals surface area (Å²) in [4.78, 5) is 16.1.